The molecule has 2 fully saturated rings. The van der Waals surface area contributed by atoms with E-state index in [0.717, 1.165) is 19.3 Å². The third-order valence-corrected chi connectivity index (χ3v) is 7.77. The van der Waals surface area contributed by atoms with Crippen LogP contribution in [0.4, 0.5) is 0 Å². The summed E-state index contributed by atoms with van der Waals surface area (Å²) in [6.07, 6.45) is 5.77. The van der Waals surface area contributed by atoms with Gasteiger partial charge in [-0.3, -0.25) is 24.0 Å². The maximum Gasteiger partial charge on any atom is 0.243 e. The molecule has 3 atom stereocenters. The summed E-state index contributed by atoms with van der Waals surface area (Å²) in [5.74, 6) is -1.05. The second-order valence-corrected chi connectivity index (χ2v) is 11.2. The Hall–Kier alpha value is -2.81. The fourth-order valence-corrected chi connectivity index (χ4v) is 5.41. The topological polar surface area (TPSA) is 182 Å². The largest absolute Gasteiger partial charge is 0.379 e. The van der Waals surface area contributed by atoms with Gasteiger partial charge < -0.3 is 45.7 Å². The highest BCUT2D eigenvalue weighted by Gasteiger charge is 2.34. The molecule has 0 aromatic rings. The van der Waals surface area contributed by atoms with Gasteiger partial charge in [-0.1, -0.05) is 0 Å². The lowest BCUT2D eigenvalue weighted by Gasteiger charge is -2.25. The number of unbranched alkanes of at least 4 members (excludes halogenated alkanes) is 1. The number of likely N-dealkylation sites (tertiary alicyclic amines) is 2. The zero-order valence-corrected chi connectivity index (χ0v) is 26.6. The van der Waals surface area contributed by atoms with Crippen molar-refractivity contribution in [2.24, 2.45) is 5.73 Å². The van der Waals surface area contributed by atoms with E-state index in [9.17, 15) is 24.0 Å². The Labute approximate surface area is 261 Å². The van der Waals surface area contributed by atoms with E-state index in [-0.39, 0.29) is 29.5 Å². The van der Waals surface area contributed by atoms with Gasteiger partial charge in [0.1, 0.15) is 18.1 Å². The number of ether oxygens (including phenoxy) is 3. The molecule has 2 saturated heterocycles. The number of carbonyl (C=O) groups excluding carboxylic acids is 5. The fraction of sp³-hybridized carbons (Fsp3) is 0.833. The molecule has 5 N–H and O–H groups in total. The number of hydrogen-bond donors (Lipinski definition) is 4. The van der Waals surface area contributed by atoms with Crippen molar-refractivity contribution in [2.75, 3.05) is 72.4 Å². The standard InChI is InChI=1S/C30H54N6O8/c1-23(37)35-15-5-10-26(35)29(40)33-13-4-3-9-25(34-30(41)27-11-6-16-36(27)24(2)38)28(39)32-14-8-18-43-20-22-44-21-19-42-17-7-12-31/h25-27H,3-22,31H2,1-2H3,(H,32,39)(H,33,40)(H,34,41). The summed E-state index contributed by atoms with van der Waals surface area (Å²) in [5.41, 5.74) is 5.41. The van der Waals surface area contributed by atoms with E-state index < -0.39 is 18.1 Å². The van der Waals surface area contributed by atoms with Crippen molar-refractivity contribution in [2.45, 2.75) is 89.8 Å². The molecule has 14 heteroatoms. The van der Waals surface area contributed by atoms with E-state index in [1.165, 1.54) is 13.8 Å². The molecule has 2 rings (SSSR count). The first-order chi connectivity index (χ1) is 21.3. The number of hydrogen-bond acceptors (Lipinski definition) is 9. The van der Waals surface area contributed by atoms with Crippen LogP contribution in [0.3, 0.4) is 0 Å². The average molecular weight is 627 g/mol. The molecular weight excluding hydrogens is 572 g/mol. The molecule has 3 unspecified atom stereocenters. The zero-order valence-electron chi connectivity index (χ0n) is 26.6. The summed E-state index contributed by atoms with van der Waals surface area (Å²) in [5, 5.41) is 8.64. The van der Waals surface area contributed by atoms with Crippen LogP contribution in [0.1, 0.15) is 71.6 Å². The monoisotopic (exact) mass is 626 g/mol. The average Bonchev–Trinajstić information content (AvgIpc) is 3.69. The van der Waals surface area contributed by atoms with Crippen LogP contribution in [0.5, 0.6) is 0 Å². The molecule has 2 heterocycles. The summed E-state index contributed by atoms with van der Waals surface area (Å²) in [4.78, 5) is 65.5. The number of nitrogens with two attached hydrogens (primary N) is 1. The molecule has 0 bridgehead atoms. The summed E-state index contributed by atoms with van der Waals surface area (Å²) >= 11 is 0. The van der Waals surface area contributed by atoms with Gasteiger partial charge in [0.2, 0.25) is 29.5 Å². The number of nitrogens with zero attached hydrogens (tertiary/aromatic N) is 2. The molecule has 2 aliphatic heterocycles. The Kier molecular flexibility index (Phi) is 18.5. The van der Waals surface area contributed by atoms with Gasteiger partial charge in [-0.25, -0.2) is 0 Å². The third kappa shape index (κ3) is 13.9. The van der Waals surface area contributed by atoms with Crippen LogP contribution >= 0.6 is 0 Å². The van der Waals surface area contributed by atoms with Gasteiger partial charge in [0, 0.05) is 53.2 Å². The summed E-state index contributed by atoms with van der Waals surface area (Å²) in [6.45, 7) is 8.42. The molecule has 5 amide bonds. The first kappa shape index (κ1) is 37.4. The van der Waals surface area contributed by atoms with Gasteiger partial charge in [-0.2, -0.15) is 0 Å². The smallest absolute Gasteiger partial charge is 0.243 e. The van der Waals surface area contributed by atoms with Gasteiger partial charge in [-0.15, -0.1) is 0 Å². The molecule has 2 aliphatic rings. The van der Waals surface area contributed by atoms with Crippen LogP contribution in [0.15, 0.2) is 0 Å². The van der Waals surface area contributed by atoms with Crippen molar-refractivity contribution < 1.29 is 38.2 Å². The van der Waals surface area contributed by atoms with Crippen LogP contribution < -0.4 is 21.7 Å². The predicted molar refractivity (Wildman–Crippen MR) is 163 cm³/mol. The zero-order chi connectivity index (χ0) is 32.2. The predicted octanol–water partition coefficient (Wildman–Crippen LogP) is -0.316. The summed E-state index contributed by atoms with van der Waals surface area (Å²) in [6, 6.07) is -1.77. The van der Waals surface area contributed by atoms with Crippen molar-refractivity contribution in [3.8, 4) is 0 Å². The SMILES string of the molecule is CC(=O)N1CCCC1C(=O)NCCCCC(NC(=O)C1CCCN1C(C)=O)C(=O)NCCCOCCOCCOCCCN. The number of nitrogens with one attached hydrogen (secondary N) is 3. The molecule has 44 heavy (non-hydrogen) atoms. The van der Waals surface area contributed by atoms with Crippen LogP contribution in [-0.4, -0.2) is 130 Å². The number of carbonyl (C=O) groups is 5. The molecule has 252 valence electrons. The molecule has 0 aliphatic carbocycles. The lowest BCUT2D eigenvalue weighted by atomic mass is 10.1. The Balaban J connectivity index is 1.72. The van der Waals surface area contributed by atoms with E-state index in [0.29, 0.717) is 111 Å². The first-order valence-electron chi connectivity index (χ1n) is 16.1. The lowest BCUT2D eigenvalue weighted by Crippen LogP contribution is -2.53. The third-order valence-electron chi connectivity index (χ3n) is 7.77. The molecule has 0 aromatic carbocycles. The highest BCUT2D eigenvalue weighted by molar-refractivity contribution is 5.92. The Morgan fingerprint density at radius 1 is 0.705 bits per heavy atom. The minimum atomic E-state index is -0.767. The van der Waals surface area contributed by atoms with Crippen LogP contribution in [0.25, 0.3) is 0 Å². The van der Waals surface area contributed by atoms with Crippen molar-refractivity contribution in [3.05, 3.63) is 0 Å². The second-order valence-electron chi connectivity index (χ2n) is 11.2. The van der Waals surface area contributed by atoms with E-state index in [2.05, 4.69) is 16.0 Å². The Bertz CT molecular complexity index is 907. The van der Waals surface area contributed by atoms with Crippen LogP contribution in [-0.2, 0) is 38.2 Å². The van der Waals surface area contributed by atoms with Crippen LogP contribution in [0, 0.1) is 0 Å². The van der Waals surface area contributed by atoms with E-state index >= 15 is 0 Å². The van der Waals surface area contributed by atoms with Crippen molar-refractivity contribution >= 4 is 29.5 Å². The minimum Gasteiger partial charge on any atom is -0.379 e. The van der Waals surface area contributed by atoms with E-state index in [1.54, 1.807) is 9.80 Å². The highest BCUT2D eigenvalue weighted by Crippen LogP contribution is 2.19. The molecule has 0 radical (unpaired) electrons. The number of amides is 5. The van der Waals surface area contributed by atoms with Gasteiger partial charge in [0.25, 0.3) is 0 Å². The van der Waals surface area contributed by atoms with E-state index in [4.69, 9.17) is 19.9 Å². The quantitative estimate of drug-likeness (QED) is 0.117. The molecule has 0 aromatic heterocycles. The van der Waals surface area contributed by atoms with E-state index in [1.807, 2.05) is 0 Å². The Morgan fingerprint density at radius 2 is 1.23 bits per heavy atom. The lowest BCUT2D eigenvalue weighted by molar-refractivity contribution is -0.138. The summed E-state index contributed by atoms with van der Waals surface area (Å²) < 4.78 is 16.4. The van der Waals surface area contributed by atoms with Crippen molar-refractivity contribution in [3.63, 3.8) is 0 Å². The summed E-state index contributed by atoms with van der Waals surface area (Å²) in [7, 11) is 0. The second kappa shape index (κ2) is 21.8. The van der Waals surface area contributed by atoms with Gasteiger partial charge in [-0.05, 0) is 64.3 Å². The van der Waals surface area contributed by atoms with Crippen LogP contribution in [0.2, 0.25) is 0 Å². The minimum absolute atomic E-state index is 0.103. The molecular formula is C30H54N6O8. The normalized spacial score (nSPS) is 18.7. The maximum absolute atomic E-state index is 13.1. The highest BCUT2D eigenvalue weighted by atomic mass is 16.5. The van der Waals surface area contributed by atoms with Crippen molar-refractivity contribution in [1.29, 1.82) is 0 Å². The fourth-order valence-electron chi connectivity index (χ4n) is 5.41. The molecule has 0 spiro atoms. The van der Waals surface area contributed by atoms with Crippen molar-refractivity contribution in [1.82, 2.24) is 25.8 Å². The van der Waals surface area contributed by atoms with Gasteiger partial charge in [0.05, 0.1) is 26.4 Å². The van der Waals surface area contributed by atoms with Gasteiger partial charge >= 0.3 is 0 Å². The number of rotatable bonds is 22. The first-order valence-corrected chi connectivity index (χ1v) is 16.1. The molecule has 14 nitrogen and oxygen atoms in total. The molecule has 0 saturated carbocycles. The maximum atomic E-state index is 13.1. The Morgan fingerprint density at radius 3 is 1.80 bits per heavy atom. The van der Waals surface area contributed by atoms with Gasteiger partial charge in [0.15, 0.2) is 0 Å².